The molecule has 3 nitrogen and oxygen atoms in total. The van der Waals surface area contributed by atoms with E-state index in [2.05, 4.69) is 16.7 Å². The first-order valence-electron chi connectivity index (χ1n) is 4.76. The fourth-order valence-electron chi connectivity index (χ4n) is 1.78. The van der Waals surface area contributed by atoms with Gasteiger partial charge in [-0.3, -0.25) is 4.79 Å². The summed E-state index contributed by atoms with van der Waals surface area (Å²) in [5, 5.41) is 6.08. The number of nitrogens with one attached hydrogen (secondary N) is 2. The second-order valence-corrected chi connectivity index (χ2v) is 3.86. The van der Waals surface area contributed by atoms with Gasteiger partial charge in [-0.1, -0.05) is 6.07 Å². The van der Waals surface area contributed by atoms with Crippen molar-refractivity contribution in [1.82, 2.24) is 0 Å². The third-order valence-electron chi connectivity index (χ3n) is 2.49. The maximum atomic E-state index is 11.4. The number of anilines is 2. The minimum Gasteiger partial charge on any atom is -0.372 e. The van der Waals surface area contributed by atoms with Gasteiger partial charge in [0.15, 0.2) is 0 Å². The van der Waals surface area contributed by atoms with Crippen molar-refractivity contribution in [2.45, 2.75) is 26.8 Å². The summed E-state index contributed by atoms with van der Waals surface area (Å²) in [6.45, 7) is 5.93. The van der Waals surface area contributed by atoms with E-state index in [4.69, 9.17) is 0 Å². The highest BCUT2D eigenvalue weighted by atomic mass is 16.2. The van der Waals surface area contributed by atoms with Gasteiger partial charge in [0, 0.05) is 0 Å². The van der Waals surface area contributed by atoms with Crippen LogP contribution in [0.15, 0.2) is 12.1 Å². The van der Waals surface area contributed by atoms with E-state index in [0.29, 0.717) is 0 Å². The second-order valence-electron chi connectivity index (χ2n) is 3.86. The first-order valence-corrected chi connectivity index (χ1v) is 4.76. The fraction of sp³-hybridized carbons (Fsp3) is 0.364. The Morgan fingerprint density at radius 3 is 2.71 bits per heavy atom. The van der Waals surface area contributed by atoms with Gasteiger partial charge in [-0.15, -0.1) is 0 Å². The van der Waals surface area contributed by atoms with Crippen LogP contribution < -0.4 is 10.6 Å². The molecule has 1 amide bonds. The van der Waals surface area contributed by atoms with Gasteiger partial charge in [-0.2, -0.15) is 0 Å². The molecule has 0 saturated carbocycles. The van der Waals surface area contributed by atoms with Crippen molar-refractivity contribution in [2.75, 3.05) is 10.6 Å². The van der Waals surface area contributed by atoms with Crippen LogP contribution in [-0.2, 0) is 4.79 Å². The molecule has 0 spiro atoms. The average Bonchev–Trinajstić information content (AvgIpc) is 2.08. The van der Waals surface area contributed by atoms with Crippen LogP contribution in [0.25, 0.3) is 0 Å². The summed E-state index contributed by atoms with van der Waals surface area (Å²) >= 11 is 0. The zero-order valence-corrected chi connectivity index (χ0v) is 8.64. The Hall–Kier alpha value is -1.51. The fourth-order valence-corrected chi connectivity index (χ4v) is 1.78. The Balaban J connectivity index is 2.51. The quantitative estimate of drug-likeness (QED) is 0.657. The average molecular weight is 190 g/mol. The molecule has 0 aromatic heterocycles. The van der Waals surface area contributed by atoms with Crippen molar-refractivity contribution < 1.29 is 4.79 Å². The van der Waals surface area contributed by atoms with Crippen LogP contribution in [0.5, 0.6) is 0 Å². The summed E-state index contributed by atoms with van der Waals surface area (Å²) in [5.41, 5.74) is 4.28. The molecule has 1 aliphatic rings. The molecular formula is C11H14N2O. The van der Waals surface area contributed by atoms with Gasteiger partial charge >= 0.3 is 0 Å². The normalized spacial score (nSPS) is 19.6. The van der Waals surface area contributed by atoms with Gasteiger partial charge in [0.05, 0.1) is 11.4 Å². The third-order valence-corrected chi connectivity index (χ3v) is 2.49. The molecule has 3 heteroatoms. The molecule has 1 heterocycles. The van der Waals surface area contributed by atoms with E-state index in [1.165, 1.54) is 5.56 Å². The predicted molar refractivity (Wildman–Crippen MR) is 57.6 cm³/mol. The first kappa shape index (κ1) is 9.06. The van der Waals surface area contributed by atoms with E-state index in [0.717, 1.165) is 16.9 Å². The van der Waals surface area contributed by atoms with E-state index < -0.39 is 0 Å². The molecule has 14 heavy (non-hydrogen) atoms. The number of rotatable bonds is 0. The molecule has 2 rings (SSSR count). The van der Waals surface area contributed by atoms with Gasteiger partial charge in [-0.25, -0.2) is 0 Å². The summed E-state index contributed by atoms with van der Waals surface area (Å²) in [6, 6.07) is 3.94. The van der Waals surface area contributed by atoms with Crippen molar-refractivity contribution >= 4 is 17.3 Å². The lowest BCUT2D eigenvalue weighted by Crippen LogP contribution is -2.36. The van der Waals surface area contributed by atoms with Crippen LogP contribution >= 0.6 is 0 Å². The minimum absolute atomic E-state index is 0.0301. The summed E-state index contributed by atoms with van der Waals surface area (Å²) < 4.78 is 0. The minimum atomic E-state index is -0.149. The van der Waals surface area contributed by atoms with E-state index >= 15 is 0 Å². The van der Waals surface area contributed by atoms with Crippen molar-refractivity contribution in [3.05, 3.63) is 23.3 Å². The van der Waals surface area contributed by atoms with Crippen molar-refractivity contribution in [3.8, 4) is 0 Å². The van der Waals surface area contributed by atoms with Gasteiger partial charge in [0.2, 0.25) is 5.91 Å². The highest BCUT2D eigenvalue weighted by Gasteiger charge is 2.22. The lowest BCUT2D eigenvalue weighted by atomic mass is 10.0. The smallest absolute Gasteiger partial charge is 0.246 e. The lowest BCUT2D eigenvalue weighted by molar-refractivity contribution is -0.116. The zero-order valence-electron chi connectivity index (χ0n) is 8.64. The predicted octanol–water partition coefficient (Wildman–Crippen LogP) is 2.06. The van der Waals surface area contributed by atoms with Gasteiger partial charge in [0.25, 0.3) is 0 Å². The molecule has 0 radical (unpaired) electrons. The molecule has 74 valence electrons. The number of fused-ring (bicyclic) bond motifs is 1. The molecule has 1 aromatic rings. The SMILES string of the molecule is Cc1cc(C)c2c(c1)NC(=O)C(C)N2. The number of carbonyl (C=O) groups excluding carboxylic acids is 1. The Labute approximate surface area is 83.5 Å². The monoisotopic (exact) mass is 190 g/mol. The zero-order chi connectivity index (χ0) is 10.3. The summed E-state index contributed by atoms with van der Waals surface area (Å²) in [7, 11) is 0. The van der Waals surface area contributed by atoms with Gasteiger partial charge in [-0.05, 0) is 38.0 Å². The number of carbonyl (C=O) groups is 1. The Bertz CT molecular complexity index is 399. The van der Waals surface area contributed by atoms with Gasteiger partial charge < -0.3 is 10.6 Å². The molecule has 0 saturated heterocycles. The van der Waals surface area contributed by atoms with Crippen molar-refractivity contribution in [2.24, 2.45) is 0 Å². The van der Waals surface area contributed by atoms with Crippen LogP contribution in [0.2, 0.25) is 0 Å². The molecule has 1 atom stereocenters. The molecular weight excluding hydrogens is 176 g/mol. The van der Waals surface area contributed by atoms with Crippen LogP contribution in [0.4, 0.5) is 11.4 Å². The Morgan fingerprint density at radius 2 is 2.00 bits per heavy atom. The number of hydrogen-bond donors (Lipinski definition) is 2. The number of hydrogen-bond acceptors (Lipinski definition) is 2. The molecule has 0 bridgehead atoms. The standard InChI is InChI=1S/C11H14N2O/c1-6-4-7(2)10-9(5-6)13-11(14)8(3)12-10/h4-5,8,12H,1-3H3,(H,13,14). The van der Waals surface area contributed by atoms with E-state index in [1.807, 2.05) is 26.8 Å². The molecule has 1 unspecified atom stereocenters. The summed E-state index contributed by atoms with van der Waals surface area (Å²) in [4.78, 5) is 11.4. The summed E-state index contributed by atoms with van der Waals surface area (Å²) in [5.74, 6) is 0.0301. The topological polar surface area (TPSA) is 41.1 Å². The highest BCUT2D eigenvalue weighted by Crippen LogP contribution is 2.31. The van der Waals surface area contributed by atoms with E-state index in [9.17, 15) is 4.79 Å². The lowest BCUT2D eigenvalue weighted by Gasteiger charge is -2.26. The second kappa shape index (κ2) is 3.01. The van der Waals surface area contributed by atoms with Crippen molar-refractivity contribution in [1.29, 1.82) is 0 Å². The molecule has 1 aromatic carbocycles. The Morgan fingerprint density at radius 1 is 1.29 bits per heavy atom. The molecule has 0 aliphatic carbocycles. The molecule has 0 fully saturated rings. The van der Waals surface area contributed by atoms with Crippen LogP contribution in [0.3, 0.4) is 0 Å². The number of benzene rings is 1. The first-order chi connectivity index (χ1) is 6.58. The van der Waals surface area contributed by atoms with Crippen LogP contribution in [-0.4, -0.2) is 11.9 Å². The highest BCUT2D eigenvalue weighted by molar-refractivity contribution is 6.03. The molecule has 1 aliphatic heterocycles. The third kappa shape index (κ3) is 1.35. The Kier molecular flexibility index (Phi) is 1.95. The number of aryl methyl sites for hydroxylation is 2. The van der Waals surface area contributed by atoms with E-state index in [-0.39, 0.29) is 11.9 Å². The molecule has 2 N–H and O–H groups in total. The maximum Gasteiger partial charge on any atom is 0.246 e. The maximum absolute atomic E-state index is 11.4. The number of amides is 1. The van der Waals surface area contributed by atoms with Crippen LogP contribution in [0, 0.1) is 13.8 Å². The van der Waals surface area contributed by atoms with E-state index in [1.54, 1.807) is 0 Å². The summed E-state index contributed by atoms with van der Waals surface area (Å²) in [6.07, 6.45) is 0. The van der Waals surface area contributed by atoms with Crippen LogP contribution in [0.1, 0.15) is 18.1 Å². The van der Waals surface area contributed by atoms with Gasteiger partial charge in [0.1, 0.15) is 6.04 Å². The van der Waals surface area contributed by atoms with Crippen molar-refractivity contribution in [3.63, 3.8) is 0 Å². The largest absolute Gasteiger partial charge is 0.372 e.